The molecule has 0 spiro atoms. The Hall–Kier alpha value is -2.38. The van der Waals surface area contributed by atoms with E-state index in [2.05, 4.69) is 26.6 Å². The van der Waals surface area contributed by atoms with E-state index in [1.807, 2.05) is 6.92 Å². The minimum atomic E-state index is -0.460. The van der Waals surface area contributed by atoms with Gasteiger partial charge in [-0.15, -0.1) is 0 Å². The number of hydrogen-bond acceptors (Lipinski definition) is 4. The van der Waals surface area contributed by atoms with Crippen LogP contribution in [-0.4, -0.2) is 36.7 Å². The maximum Gasteiger partial charge on any atom is 0.259 e. The number of amides is 2. The number of anilines is 1. The minimum Gasteiger partial charge on any atom is -0.507 e. The van der Waals surface area contributed by atoms with Crippen molar-refractivity contribution in [2.24, 2.45) is 0 Å². The number of benzene rings is 2. The molecular formula is C19H21BrN2O4. The summed E-state index contributed by atoms with van der Waals surface area (Å²) in [5.74, 6) is -0.796. The van der Waals surface area contributed by atoms with Crippen molar-refractivity contribution in [3.05, 3.63) is 58.1 Å². The van der Waals surface area contributed by atoms with Crippen LogP contribution in [0.1, 0.15) is 34.1 Å². The van der Waals surface area contributed by atoms with E-state index in [4.69, 9.17) is 4.74 Å². The van der Waals surface area contributed by atoms with Gasteiger partial charge >= 0.3 is 0 Å². The standard InChI is InChI=1S/C19H21BrN2O4/c1-2-26-10-4-9-21-18(24)13-5-3-6-15(11-13)22-19(25)16-12-14(20)7-8-17(16)23/h3,5-8,11-12,23H,2,4,9-10H2,1H3,(H,21,24)(H,22,25). The average Bonchev–Trinajstić information content (AvgIpc) is 2.63. The van der Waals surface area contributed by atoms with Gasteiger partial charge in [0.15, 0.2) is 0 Å². The summed E-state index contributed by atoms with van der Waals surface area (Å²) >= 11 is 3.27. The smallest absolute Gasteiger partial charge is 0.259 e. The predicted octanol–water partition coefficient (Wildman–Crippen LogP) is 3.56. The van der Waals surface area contributed by atoms with Gasteiger partial charge in [0.05, 0.1) is 5.56 Å². The lowest BCUT2D eigenvalue weighted by atomic mass is 10.1. The lowest BCUT2D eigenvalue weighted by Gasteiger charge is -2.09. The van der Waals surface area contributed by atoms with E-state index in [-0.39, 0.29) is 17.2 Å². The van der Waals surface area contributed by atoms with E-state index in [1.54, 1.807) is 30.3 Å². The number of ether oxygens (including phenoxy) is 1. The van der Waals surface area contributed by atoms with Crippen LogP contribution in [0.2, 0.25) is 0 Å². The third-order valence-corrected chi connectivity index (χ3v) is 4.03. The molecule has 0 saturated heterocycles. The van der Waals surface area contributed by atoms with Crippen LogP contribution in [0.25, 0.3) is 0 Å². The molecule has 0 aliphatic rings. The zero-order chi connectivity index (χ0) is 18.9. The molecule has 2 amide bonds. The topological polar surface area (TPSA) is 87.7 Å². The summed E-state index contributed by atoms with van der Waals surface area (Å²) in [6.45, 7) is 3.69. The number of phenolic OH excluding ortho intramolecular Hbond substituents is 1. The van der Waals surface area contributed by atoms with E-state index in [0.29, 0.717) is 35.5 Å². The predicted molar refractivity (Wildman–Crippen MR) is 104 cm³/mol. The lowest BCUT2D eigenvalue weighted by Crippen LogP contribution is -2.25. The molecule has 0 bridgehead atoms. The first kappa shape index (κ1) is 19.9. The van der Waals surface area contributed by atoms with Gasteiger partial charge in [0, 0.05) is 35.5 Å². The molecule has 3 N–H and O–H groups in total. The summed E-state index contributed by atoms with van der Waals surface area (Å²) in [6, 6.07) is 11.2. The van der Waals surface area contributed by atoms with Gasteiger partial charge in [-0.05, 0) is 49.7 Å². The minimum absolute atomic E-state index is 0.117. The number of phenols is 1. The molecular weight excluding hydrogens is 400 g/mol. The first-order valence-electron chi connectivity index (χ1n) is 8.27. The van der Waals surface area contributed by atoms with Crippen LogP contribution < -0.4 is 10.6 Å². The van der Waals surface area contributed by atoms with Gasteiger partial charge in [0.25, 0.3) is 11.8 Å². The Kier molecular flexibility index (Phi) is 7.62. The molecule has 138 valence electrons. The molecule has 0 heterocycles. The number of rotatable bonds is 8. The number of hydrogen-bond donors (Lipinski definition) is 3. The third-order valence-electron chi connectivity index (χ3n) is 3.54. The zero-order valence-electron chi connectivity index (χ0n) is 14.4. The number of aromatic hydroxyl groups is 1. The largest absolute Gasteiger partial charge is 0.507 e. The first-order chi connectivity index (χ1) is 12.5. The molecule has 0 unspecified atom stereocenters. The van der Waals surface area contributed by atoms with Crippen molar-refractivity contribution in [2.45, 2.75) is 13.3 Å². The summed E-state index contributed by atoms with van der Waals surface area (Å²) in [5.41, 5.74) is 1.05. The molecule has 0 aliphatic carbocycles. The second-order valence-electron chi connectivity index (χ2n) is 5.50. The summed E-state index contributed by atoms with van der Waals surface area (Å²) in [7, 11) is 0. The summed E-state index contributed by atoms with van der Waals surface area (Å²) in [6.07, 6.45) is 0.734. The Labute approximate surface area is 160 Å². The van der Waals surface area contributed by atoms with Gasteiger partial charge in [-0.25, -0.2) is 0 Å². The van der Waals surface area contributed by atoms with Crippen LogP contribution in [0.3, 0.4) is 0 Å². The number of halogens is 1. The zero-order valence-corrected chi connectivity index (χ0v) is 16.0. The van der Waals surface area contributed by atoms with E-state index >= 15 is 0 Å². The van der Waals surface area contributed by atoms with Crippen molar-refractivity contribution in [3.8, 4) is 5.75 Å². The van der Waals surface area contributed by atoms with E-state index in [9.17, 15) is 14.7 Å². The van der Waals surface area contributed by atoms with Gasteiger partial charge in [-0.2, -0.15) is 0 Å². The molecule has 26 heavy (non-hydrogen) atoms. The maximum atomic E-state index is 12.3. The molecule has 0 aliphatic heterocycles. The molecule has 7 heteroatoms. The highest BCUT2D eigenvalue weighted by atomic mass is 79.9. The summed E-state index contributed by atoms with van der Waals surface area (Å²) in [4.78, 5) is 24.5. The first-order valence-corrected chi connectivity index (χ1v) is 9.06. The fourth-order valence-corrected chi connectivity index (χ4v) is 2.61. The Balaban J connectivity index is 1.99. The Morgan fingerprint density at radius 1 is 1.15 bits per heavy atom. The van der Waals surface area contributed by atoms with E-state index < -0.39 is 5.91 Å². The second kappa shape index (κ2) is 9.94. The van der Waals surface area contributed by atoms with E-state index in [1.165, 1.54) is 12.1 Å². The Morgan fingerprint density at radius 2 is 1.96 bits per heavy atom. The van der Waals surface area contributed by atoms with Crippen LogP contribution in [0.4, 0.5) is 5.69 Å². The molecule has 0 atom stereocenters. The molecule has 0 fully saturated rings. The number of carbonyl (C=O) groups excluding carboxylic acids is 2. The summed E-state index contributed by atoms with van der Waals surface area (Å²) in [5, 5.41) is 15.3. The van der Waals surface area contributed by atoms with E-state index in [0.717, 1.165) is 6.42 Å². The van der Waals surface area contributed by atoms with Crippen molar-refractivity contribution in [3.63, 3.8) is 0 Å². The summed E-state index contributed by atoms with van der Waals surface area (Å²) < 4.78 is 5.90. The molecule has 2 rings (SSSR count). The number of carbonyl (C=O) groups is 2. The molecule has 2 aromatic carbocycles. The molecule has 0 radical (unpaired) electrons. The van der Waals surface area contributed by atoms with Gasteiger partial charge < -0.3 is 20.5 Å². The van der Waals surface area contributed by atoms with Crippen LogP contribution >= 0.6 is 15.9 Å². The van der Waals surface area contributed by atoms with Crippen molar-refractivity contribution in [1.82, 2.24) is 5.32 Å². The van der Waals surface area contributed by atoms with Crippen LogP contribution in [0.5, 0.6) is 5.75 Å². The van der Waals surface area contributed by atoms with Crippen molar-refractivity contribution in [2.75, 3.05) is 25.1 Å². The fraction of sp³-hybridized carbons (Fsp3) is 0.263. The monoisotopic (exact) mass is 420 g/mol. The second-order valence-corrected chi connectivity index (χ2v) is 6.42. The third kappa shape index (κ3) is 5.86. The highest BCUT2D eigenvalue weighted by Gasteiger charge is 2.13. The molecule has 0 saturated carbocycles. The van der Waals surface area contributed by atoms with Crippen molar-refractivity contribution in [1.29, 1.82) is 0 Å². The Morgan fingerprint density at radius 3 is 2.73 bits per heavy atom. The quantitative estimate of drug-likeness (QED) is 0.569. The highest BCUT2D eigenvalue weighted by Crippen LogP contribution is 2.23. The molecule has 2 aromatic rings. The van der Waals surface area contributed by atoms with Gasteiger partial charge in [-0.3, -0.25) is 9.59 Å². The van der Waals surface area contributed by atoms with Crippen LogP contribution in [0.15, 0.2) is 46.9 Å². The van der Waals surface area contributed by atoms with Gasteiger partial charge in [-0.1, -0.05) is 22.0 Å². The fourth-order valence-electron chi connectivity index (χ4n) is 2.25. The maximum absolute atomic E-state index is 12.3. The Bertz CT molecular complexity index is 780. The van der Waals surface area contributed by atoms with Crippen LogP contribution in [-0.2, 0) is 4.74 Å². The molecule has 0 aromatic heterocycles. The van der Waals surface area contributed by atoms with Gasteiger partial charge in [0.2, 0.25) is 0 Å². The average molecular weight is 421 g/mol. The highest BCUT2D eigenvalue weighted by molar-refractivity contribution is 9.10. The van der Waals surface area contributed by atoms with Crippen LogP contribution in [0, 0.1) is 0 Å². The normalized spacial score (nSPS) is 10.4. The van der Waals surface area contributed by atoms with Crippen molar-refractivity contribution < 1.29 is 19.4 Å². The van der Waals surface area contributed by atoms with Gasteiger partial charge in [0.1, 0.15) is 5.75 Å². The molecule has 6 nitrogen and oxygen atoms in total. The SMILES string of the molecule is CCOCCCNC(=O)c1cccc(NC(=O)c2cc(Br)ccc2O)c1. The lowest BCUT2D eigenvalue weighted by molar-refractivity contribution is 0.0942. The number of nitrogens with one attached hydrogen (secondary N) is 2. The van der Waals surface area contributed by atoms with Crippen molar-refractivity contribution >= 4 is 33.4 Å².